The monoisotopic (exact) mass is 519 g/mol. The summed E-state index contributed by atoms with van der Waals surface area (Å²) in [6.45, 7) is 0.360. The van der Waals surface area contributed by atoms with Gasteiger partial charge in [0.15, 0.2) is 11.4 Å². The van der Waals surface area contributed by atoms with E-state index in [1.165, 1.54) is 0 Å². The molecular formula is C21H15Br2NO3S. The molecule has 2 aromatic carbocycles. The van der Waals surface area contributed by atoms with Gasteiger partial charge in [-0.25, -0.2) is 0 Å². The lowest BCUT2D eigenvalue weighted by atomic mass is 9.88. The highest BCUT2D eigenvalue weighted by atomic mass is 79.9. The minimum Gasteiger partial charge on any atom is -0.375 e. The molecule has 0 radical (unpaired) electrons. The van der Waals surface area contributed by atoms with E-state index < -0.39 is 11.5 Å². The van der Waals surface area contributed by atoms with Crippen LogP contribution in [0.25, 0.3) is 0 Å². The van der Waals surface area contributed by atoms with Crippen molar-refractivity contribution >= 4 is 60.6 Å². The Labute approximate surface area is 183 Å². The molecule has 1 aliphatic heterocycles. The van der Waals surface area contributed by atoms with Gasteiger partial charge in [-0.05, 0) is 41.8 Å². The third kappa shape index (κ3) is 3.48. The maximum absolute atomic E-state index is 13.3. The molecule has 1 aliphatic rings. The number of hydrogen-bond donors (Lipinski definition) is 1. The summed E-state index contributed by atoms with van der Waals surface area (Å²) in [5, 5.41) is 13.3. The van der Waals surface area contributed by atoms with Crippen LogP contribution in [-0.2, 0) is 16.9 Å². The molecule has 28 heavy (non-hydrogen) atoms. The quantitative estimate of drug-likeness (QED) is 0.465. The molecule has 1 amide bonds. The second kappa shape index (κ2) is 7.55. The second-order valence-corrected chi connectivity index (χ2v) is 9.47. The molecule has 1 N–H and O–H groups in total. The largest absolute Gasteiger partial charge is 0.375 e. The average Bonchev–Trinajstić information content (AvgIpc) is 3.24. The summed E-state index contributed by atoms with van der Waals surface area (Å²) in [6.07, 6.45) is -0.313. The molecule has 1 aromatic heterocycles. The number of nitrogens with zero attached hydrogens (tertiary/aromatic N) is 1. The summed E-state index contributed by atoms with van der Waals surface area (Å²) in [5.41, 5.74) is -0.364. The fraction of sp³-hybridized carbons (Fsp3) is 0.143. The van der Waals surface area contributed by atoms with E-state index in [1.54, 1.807) is 46.6 Å². The summed E-state index contributed by atoms with van der Waals surface area (Å²) < 4.78 is 1.51. The number of ketones is 1. The third-order valence-electron chi connectivity index (χ3n) is 4.75. The SMILES string of the molecule is O=C(CC1(O)C(=O)N(Cc2cccs2)c2ccc(Br)cc21)c1cccc(Br)c1. The molecule has 0 saturated carbocycles. The van der Waals surface area contributed by atoms with E-state index >= 15 is 0 Å². The van der Waals surface area contributed by atoms with Crippen molar-refractivity contribution in [3.63, 3.8) is 0 Å². The molecule has 1 atom stereocenters. The van der Waals surface area contributed by atoms with Gasteiger partial charge in [0.25, 0.3) is 5.91 Å². The fourth-order valence-corrected chi connectivity index (χ4v) is 4.86. The van der Waals surface area contributed by atoms with Crippen LogP contribution in [0.4, 0.5) is 5.69 Å². The molecular weight excluding hydrogens is 506 g/mol. The van der Waals surface area contributed by atoms with Crippen molar-refractivity contribution in [2.75, 3.05) is 4.90 Å². The lowest BCUT2D eigenvalue weighted by Gasteiger charge is -2.22. The van der Waals surface area contributed by atoms with Gasteiger partial charge in [-0.3, -0.25) is 9.59 Å². The summed E-state index contributed by atoms with van der Waals surface area (Å²) in [5.74, 6) is -0.765. The van der Waals surface area contributed by atoms with Crippen molar-refractivity contribution in [3.05, 3.63) is 84.9 Å². The van der Waals surface area contributed by atoms with Crippen LogP contribution in [0.5, 0.6) is 0 Å². The predicted octanol–water partition coefficient (Wildman–Crippen LogP) is 5.28. The number of fused-ring (bicyclic) bond motifs is 1. The van der Waals surface area contributed by atoms with Crippen molar-refractivity contribution < 1.29 is 14.7 Å². The van der Waals surface area contributed by atoms with Crippen LogP contribution in [0.2, 0.25) is 0 Å². The Morgan fingerprint density at radius 2 is 1.86 bits per heavy atom. The van der Waals surface area contributed by atoms with Gasteiger partial charge in [-0.2, -0.15) is 0 Å². The highest BCUT2D eigenvalue weighted by molar-refractivity contribution is 9.10. The Morgan fingerprint density at radius 3 is 2.57 bits per heavy atom. The molecule has 3 aromatic rings. The first-order chi connectivity index (χ1) is 13.4. The van der Waals surface area contributed by atoms with Gasteiger partial charge in [0.05, 0.1) is 18.7 Å². The number of benzene rings is 2. The van der Waals surface area contributed by atoms with Crippen LogP contribution >= 0.6 is 43.2 Å². The number of Topliss-reactive ketones (excluding diaryl/α,β-unsaturated/α-hetero) is 1. The van der Waals surface area contributed by atoms with Crippen molar-refractivity contribution in [2.45, 2.75) is 18.6 Å². The van der Waals surface area contributed by atoms with Crippen LogP contribution < -0.4 is 4.90 Å². The van der Waals surface area contributed by atoms with Gasteiger partial charge in [0.2, 0.25) is 0 Å². The molecule has 0 aliphatic carbocycles. The first kappa shape index (κ1) is 19.5. The van der Waals surface area contributed by atoms with Crippen LogP contribution in [0.3, 0.4) is 0 Å². The van der Waals surface area contributed by atoms with E-state index in [-0.39, 0.29) is 12.2 Å². The number of hydrogen-bond acceptors (Lipinski definition) is 4. The molecule has 0 spiro atoms. The average molecular weight is 521 g/mol. The molecule has 142 valence electrons. The predicted molar refractivity (Wildman–Crippen MR) is 117 cm³/mol. The Morgan fingerprint density at radius 1 is 1.07 bits per heavy atom. The fourth-order valence-electron chi connectivity index (χ4n) is 3.41. The molecule has 7 heteroatoms. The summed E-state index contributed by atoms with van der Waals surface area (Å²) in [4.78, 5) is 28.7. The number of anilines is 1. The van der Waals surface area contributed by atoms with Crippen LogP contribution in [0.1, 0.15) is 27.2 Å². The lowest BCUT2D eigenvalue weighted by molar-refractivity contribution is -0.136. The molecule has 0 bridgehead atoms. The molecule has 4 nitrogen and oxygen atoms in total. The van der Waals surface area contributed by atoms with E-state index in [2.05, 4.69) is 31.9 Å². The van der Waals surface area contributed by atoms with Gasteiger partial charge >= 0.3 is 0 Å². The standard InChI is InChI=1S/C21H15Br2NO3S/c22-14-4-1-3-13(9-14)19(25)11-21(27)17-10-15(23)6-7-18(17)24(20(21)26)12-16-5-2-8-28-16/h1-10,27H,11-12H2. The lowest BCUT2D eigenvalue weighted by Crippen LogP contribution is -2.41. The number of carbonyl (C=O) groups excluding carboxylic acids is 2. The van der Waals surface area contributed by atoms with E-state index in [4.69, 9.17) is 0 Å². The number of aliphatic hydroxyl groups is 1. The Bertz CT molecular complexity index is 1070. The number of amides is 1. The summed E-state index contributed by atoms with van der Waals surface area (Å²) in [6, 6.07) is 16.2. The number of carbonyl (C=O) groups is 2. The summed E-state index contributed by atoms with van der Waals surface area (Å²) >= 11 is 8.30. The first-order valence-electron chi connectivity index (χ1n) is 8.54. The van der Waals surface area contributed by atoms with Crippen molar-refractivity contribution in [2.24, 2.45) is 0 Å². The molecule has 0 saturated heterocycles. The van der Waals surface area contributed by atoms with Crippen LogP contribution in [-0.4, -0.2) is 16.8 Å². The highest BCUT2D eigenvalue weighted by Crippen LogP contribution is 2.45. The summed E-state index contributed by atoms with van der Waals surface area (Å²) in [7, 11) is 0. The Kier molecular flexibility index (Phi) is 5.26. The zero-order valence-corrected chi connectivity index (χ0v) is 18.6. The van der Waals surface area contributed by atoms with Crippen molar-refractivity contribution in [1.29, 1.82) is 0 Å². The highest BCUT2D eigenvalue weighted by Gasteiger charge is 2.51. The van der Waals surface area contributed by atoms with Crippen LogP contribution in [0, 0.1) is 0 Å². The third-order valence-corrected chi connectivity index (χ3v) is 6.60. The second-order valence-electron chi connectivity index (χ2n) is 6.60. The van der Waals surface area contributed by atoms with Gasteiger partial charge in [-0.15, -0.1) is 11.3 Å². The van der Waals surface area contributed by atoms with Gasteiger partial charge in [0, 0.05) is 24.9 Å². The first-order valence-corrected chi connectivity index (χ1v) is 11.0. The number of thiophene rings is 1. The Hall–Kier alpha value is -1.80. The van der Waals surface area contributed by atoms with Crippen molar-refractivity contribution in [3.8, 4) is 0 Å². The molecule has 0 fully saturated rings. The molecule has 1 unspecified atom stereocenters. The molecule has 2 heterocycles. The zero-order chi connectivity index (χ0) is 19.9. The minimum absolute atomic E-state index is 0.291. The minimum atomic E-state index is -1.89. The van der Waals surface area contributed by atoms with E-state index in [0.717, 1.165) is 13.8 Å². The molecule has 4 rings (SSSR count). The normalized spacial score (nSPS) is 18.4. The van der Waals surface area contributed by atoms with Crippen molar-refractivity contribution in [1.82, 2.24) is 0 Å². The maximum atomic E-state index is 13.3. The van der Waals surface area contributed by atoms with Gasteiger partial charge < -0.3 is 10.0 Å². The van der Waals surface area contributed by atoms with Gasteiger partial charge in [0.1, 0.15) is 0 Å². The van der Waals surface area contributed by atoms with Gasteiger partial charge in [-0.1, -0.05) is 50.1 Å². The van der Waals surface area contributed by atoms with E-state index in [1.807, 2.05) is 29.6 Å². The zero-order valence-electron chi connectivity index (χ0n) is 14.6. The number of halogens is 2. The Balaban J connectivity index is 1.72. The van der Waals surface area contributed by atoms with Crippen LogP contribution in [0.15, 0.2) is 68.9 Å². The maximum Gasteiger partial charge on any atom is 0.264 e. The van der Waals surface area contributed by atoms with E-state index in [0.29, 0.717) is 23.4 Å². The smallest absolute Gasteiger partial charge is 0.264 e. The topological polar surface area (TPSA) is 57.6 Å². The van der Waals surface area contributed by atoms with E-state index in [9.17, 15) is 14.7 Å². The number of rotatable bonds is 5.